The molecular formula is C20H26N6S. The molecule has 0 amide bonds. The molecule has 7 heteroatoms. The van der Waals surface area contributed by atoms with E-state index in [0.717, 1.165) is 62.8 Å². The Morgan fingerprint density at radius 2 is 1.89 bits per heavy atom. The zero-order chi connectivity index (χ0) is 18.4. The second kappa shape index (κ2) is 6.89. The van der Waals surface area contributed by atoms with Crippen LogP contribution in [0.3, 0.4) is 0 Å². The van der Waals surface area contributed by atoms with Crippen LogP contribution in [0.4, 0.5) is 5.13 Å². The normalized spacial score (nSPS) is 21.9. The first-order valence-electron chi connectivity index (χ1n) is 9.87. The van der Waals surface area contributed by atoms with Crippen molar-refractivity contribution in [3.8, 4) is 0 Å². The van der Waals surface area contributed by atoms with Gasteiger partial charge in [-0.15, -0.1) is 0 Å². The molecule has 27 heavy (non-hydrogen) atoms. The van der Waals surface area contributed by atoms with Crippen molar-refractivity contribution in [2.24, 2.45) is 5.10 Å². The number of rotatable bonds is 3. The monoisotopic (exact) mass is 382 g/mol. The molecule has 1 aromatic heterocycles. The molecule has 5 rings (SSSR count). The maximum absolute atomic E-state index is 4.95. The number of benzene rings is 1. The van der Waals surface area contributed by atoms with Gasteiger partial charge >= 0.3 is 0 Å². The third-order valence-electron chi connectivity index (χ3n) is 5.78. The van der Waals surface area contributed by atoms with Crippen molar-refractivity contribution < 1.29 is 0 Å². The van der Waals surface area contributed by atoms with Crippen LogP contribution in [-0.4, -0.2) is 71.9 Å². The van der Waals surface area contributed by atoms with E-state index in [1.807, 2.05) is 6.07 Å². The lowest BCUT2D eigenvalue weighted by atomic mass is 10.00. The van der Waals surface area contributed by atoms with E-state index in [4.69, 9.17) is 10.1 Å². The molecule has 0 N–H and O–H groups in total. The van der Waals surface area contributed by atoms with Crippen LogP contribution >= 0.6 is 11.3 Å². The largest absolute Gasteiger partial charge is 0.309 e. The number of fused-ring (bicyclic) bond motifs is 2. The number of hydrogen-bond acceptors (Lipinski definition) is 7. The van der Waals surface area contributed by atoms with Gasteiger partial charge in [-0.2, -0.15) is 5.10 Å². The van der Waals surface area contributed by atoms with Crippen LogP contribution in [0.25, 0.3) is 10.2 Å². The Labute approximate surface area is 164 Å². The van der Waals surface area contributed by atoms with E-state index in [0.29, 0.717) is 0 Å². The third-order valence-corrected chi connectivity index (χ3v) is 6.83. The molecule has 0 atom stereocenters. The number of allylic oxidation sites excluding steroid dienone is 1. The summed E-state index contributed by atoms with van der Waals surface area (Å²) < 4.78 is 1.23. The summed E-state index contributed by atoms with van der Waals surface area (Å²) in [5, 5.41) is 13.2. The zero-order valence-corrected chi connectivity index (χ0v) is 16.9. The van der Waals surface area contributed by atoms with Crippen LogP contribution in [0, 0.1) is 0 Å². The van der Waals surface area contributed by atoms with E-state index in [2.05, 4.69) is 52.1 Å². The zero-order valence-electron chi connectivity index (χ0n) is 16.1. The van der Waals surface area contributed by atoms with Crippen LogP contribution in [0.15, 0.2) is 40.6 Å². The van der Waals surface area contributed by atoms with E-state index in [-0.39, 0.29) is 0 Å². The number of hydrazone groups is 1. The third kappa shape index (κ3) is 3.03. The Morgan fingerprint density at radius 3 is 2.67 bits per heavy atom. The van der Waals surface area contributed by atoms with E-state index in [9.17, 15) is 0 Å². The Hall–Kier alpha value is -1.96. The van der Waals surface area contributed by atoms with Crippen LogP contribution in [-0.2, 0) is 0 Å². The lowest BCUT2D eigenvalue weighted by Crippen LogP contribution is -2.54. The van der Waals surface area contributed by atoms with Crippen molar-refractivity contribution >= 4 is 32.4 Å². The molecule has 142 valence electrons. The number of hydrogen-bond donors (Lipinski definition) is 0. The standard InChI is InChI=1S/C20H26N6S/c1-3-18-15-14-25(20-21-17-6-4-5-7-19(17)27-20)22-16(15)8-9-26(18)24-12-10-23(2)11-13-24/h4-7H,3,8-14H2,1-2H3. The van der Waals surface area contributed by atoms with Crippen molar-refractivity contribution in [1.82, 2.24) is 19.9 Å². The Bertz CT molecular complexity index is 875. The summed E-state index contributed by atoms with van der Waals surface area (Å²) in [4.78, 5) is 7.22. The van der Waals surface area contributed by atoms with Gasteiger partial charge in [-0.3, -0.25) is 0 Å². The maximum atomic E-state index is 4.95. The molecule has 4 heterocycles. The summed E-state index contributed by atoms with van der Waals surface area (Å²) in [7, 11) is 2.21. The first-order chi connectivity index (χ1) is 13.2. The lowest BCUT2D eigenvalue weighted by Gasteiger charge is -2.44. The molecule has 2 aromatic rings. The first kappa shape index (κ1) is 17.2. The SMILES string of the molecule is CCC1=C2CN(c3nc4ccccc4s3)N=C2CCN1N1CCN(C)CC1. The minimum absolute atomic E-state index is 0.850. The molecule has 3 aliphatic rings. The van der Waals surface area contributed by atoms with Gasteiger partial charge < -0.3 is 9.91 Å². The molecule has 0 unspecified atom stereocenters. The highest BCUT2D eigenvalue weighted by atomic mass is 32.1. The van der Waals surface area contributed by atoms with Gasteiger partial charge in [0.1, 0.15) is 0 Å². The number of aromatic nitrogens is 1. The van der Waals surface area contributed by atoms with Crippen LogP contribution in [0.1, 0.15) is 19.8 Å². The van der Waals surface area contributed by atoms with E-state index < -0.39 is 0 Å². The fraction of sp³-hybridized carbons (Fsp3) is 0.500. The summed E-state index contributed by atoms with van der Waals surface area (Å²) in [5.41, 5.74) is 5.20. The summed E-state index contributed by atoms with van der Waals surface area (Å²) in [6, 6.07) is 8.34. The van der Waals surface area contributed by atoms with Gasteiger partial charge in [-0.25, -0.2) is 15.0 Å². The highest BCUT2D eigenvalue weighted by Crippen LogP contribution is 2.35. The van der Waals surface area contributed by atoms with E-state index in [1.165, 1.54) is 21.7 Å². The Kier molecular flexibility index (Phi) is 4.38. The molecule has 0 saturated carbocycles. The first-order valence-corrected chi connectivity index (χ1v) is 10.7. The second-order valence-corrected chi connectivity index (χ2v) is 8.49. The Morgan fingerprint density at radius 1 is 1.07 bits per heavy atom. The second-order valence-electron chi connectivity index (χ2n) is 7.48. The highest BCUT2D eigenvalue weighted by Gasteiger charge is 2.34. The number of para-hydroxylation sites is 1. The van der Waals surface area contributed by atoms with Crippen LogP contribution < -0.4 is 5.01 Å². The summed E-state index contributed by atoms with van der Waals surface area (Å²) >= 11 is 1.73. The lowest BCUT2D eigenvalue weighted by molar-refractivity contribution is -0.0286. The van der Waals surface area contributed by atoms with Gasteiger partial charge in [0.15, 0.2) is 0 Å². The molecule has 0 aliphatic carbocycles. The van der Waals surface area contributed by atoms with Gasteiger partial charge in [0.2, 0.25) is 5.13 Å². The number of anilines is 1. The molecule has 3 aliphatic heterocycles. The molecular weight excluding hydrogens is 356 g/mol. The summed E-state index contributed by atoms with van der Waals surface area (Å²) in [5.74, 6) is 0. The number of piperazine rings is 1. The molecule has 1 aromatic carbocycles. The number of nitrogens with zero attached hydrogens (tertiary/aromatic N) is 6. The van der Waals surface area contributed by atoms with E-state index in [1.54, 1.807) is 11.3 Å². The van der Waals surface area contributed by atoms with Crippen molar-refractivity contribution in [2.45, 2.75) is 19.8 Å². The molecule has 1 saturated heterocycles. The predicted octanol–water partition coefficient (Wildman–Crippen LogP) is 3.00. The highest BCUT2D eigenvalue weighted by molar-refractivity contribution is 7.22. The quantitative estimate of drug-likeness (QED) is 0.816. The summed E-state index contributed by atoms with van der Waals surface area (Å²) in [6.07, 6.45) is 2.07. The van der Waals surface area contributed by atoms with Gasteiger partial charge in [0.25, 0.3) is 0 Å². The van der Waals surface area contributed by atoms with Gasteiger partial charge in [-0.05, 0) is 25.6 Å². The minimum atomic E-state index is 0.850. The maximum Gasteiger partial charge on any atom is 0.207 e. The smallest absolute Gasteiger partial charge is 0.207 e. The average Bonchev–Trinajstić information content (AvgIpc) is 3.31. The molecule has 0 radical (unpaired) electrons. The van der Waals surface area contributed by atoms with Gasteiger partial charge in [0, 0.05) is 50.4 Å². The number of thiazole rings is 1. The van der Waals surface area contributed by atoms with Crippen molar-refractivity contribution in [3.05, 3.63) is 35.5 Å². The number of likely N-dealkylation sites (N-methyl/N-ethyl adjacent to an activating group) is 1. The topological polar surface area (TPSA) is 38.2 Å². The molecule has 6 nitrogen and oxygen atoms in total. The number of hydrazine groups is 1. The van der Waals surface area contributed by atoms with Crippen molar-refractivity contribution in [3.63, 3.8) is 0 Å². The van der Waals surface area contributed by atoms with Gasteiger partial charge in [0.05, 0.1) is 22.5 Å². The fourth-order valence-corrected chi connectivity index (χ4v) is 5.19. The van der Waals surface area contributed by atoms with E-state index >= 15 is 0 Å². The van der Waals surface area contributed by atoms with Crippen molar-refractivity contribution in [2.75, 3.05) is 51.3 Å². The van der Waals surface area contributed by atoms with Crippen molar-refractivity contribution in [1.29, 1.82) is 0 Å². The average molecular weight is 383 g/mol. The van der Waals surface area contributed by atoms with Crippen LogP contribution in [0.2, 0.25) is 0 Å². The molecule has 1 fully saturated rings. The predicted molar refractivity (Wildman–Crippen MR) is 112 cm³/mol. The fourth-order valence-electron chi connectivity index (χ4n) is 4.27. The van der Waals surface area contributed by atoms with Gasteiger partial charge in [-0.1, -0.05) is 30.4 Å². The molecule has 0 spiro atoms. The summed E-state index contributed by atoms with van der Waals surface area (Å²) in [6.45, 7) is 8.67. The minimum Gasteiger partial charge on any atom is -0.309 e. The van der Waals surface area contributed by atoms with Crippen LogP contribution in [0.5, 0.6) is 0 Å². The molecule has 0 bridgehead atoms. The Balaban J connectivity index is 1.43.